The maximum absolute atomic E-state index is 12.0. The predicted octanol–water partition coefficient (Wildman–Crippen LogP) is 2.57. The number of ether oxygens (including phenoxy) is 2. The zero-order valence-corrected chi connectivity index (χ0v) is 11.0. The van der Waals surface area contributed by atoms with Crippen LogP contribution in [0.4, 0.5) is 5.69 Å². The molecule has 0 fully saturated rings. The van der Waals surface area contributed by atoms with E-state index in [0.717, 1.165) is 0 Å². The highest BCUT2D eigenvalue weighted by Crippen LogP contribution is 2.14. The van der Waals surface area contributed by atoms with Crippen molar-refractivity contribution in [1.82, 2.24) is 0 Å². The lowest BCUT2D eigenvalue weighted by molar-refractivity contribution is -0.384. The lowest BCUT2D eigenvalue weighted by atomic mass is 10.1. The van der Waals surface area contributed by atoms with Gasteiger partial charge in [0.05, 0.1) is 11.3 Å². The summed E-state index contributed by atoms with van der Waals surface area (Å²) in [4.78, 5) is 22.0. The van der Waals surface area contributed by atoms with E-state index in [1.165, 1.54) is 24.3 Å². The van der Waals surface area contributed by atoms with Crippen molar-refractivity contribution in [3.63, 3.8) is 0 Å². The molecule has 0 N–H and O–H groups in total. The van der Waals surface area contributed by atoms with Crippen LogP contribution in [0, 0.1) is 10.1 Å². The van der Waals surface area contributed by atoms with Crippen molar-refractivity contribution in [3.8, 4) is 0 Å². The molecule has 0 aliphatic heterocycles. The number of nitro benzene ring substituents is 1. The average molecular weight is 267 g/mol. The molecule has 0 saturated carbocycles. The zero-order chi connectivity index (χ0) is 14.3. The standard InChI is InChI=1S/C13H17NO5/c1-3-18-13(19-4-2)9-12(15)10-5-7-11(8-6-10)14(16)17/h5-8,13H,3-4,9H2,1-2H3. The third-order valence-electron chi connectivity index (χ3n) is 2.46. The molecule has 0 amide bonds. The van der Waals surface area contributed by atoms with Gasteiger partial charge in [0.15, 0.2) is 12.1 Å². The van der Waals surface area contributed by atoms with Crippen molar-refractivity contribution in [2.45, 2.75) is 26.6 Å². The first-order chi connectivity index (χ1) is 9.08. The molecule has 1 aromatic rings. The Kier molecular flexibility index (Phi) is 6.11. The van der Waals surface area contributed by atoms with Crippen LogP contribution in [0.1, 0.15) is 30.6 Å². The number of ketones is 1. The lowest BCUT2D eigenvalue weighted by Crippen LogP contribution is -2.21. The highest BCUT2D eigenvalue weighted by atomic mass is 16.7. The number of benzene rings is 1. The van der Waals surface area contributed by atoms with Crippen LogP contribution >= 0.6 is 0 Å². The SMILES string of the molecule is CCOC(CC(=O)c1ccc([N+](=O)[O-])cc1)OCC. The van der Waals surface area contributed by atoms with Crippen molar-refractivity contribution < 1.29 is 19.2 Å². The molecule has 0 heterocycles. The first kappa shape index (κ1) is 15.3. The van der Waals surface area contributed by atoms with E-state index >= 15 is 0 Å². The molecule has 0 saturated heterocycles. The van der Waals surface area contributed by atoms with Crippen LogP contribution < -0.4 is 0 Å². The van der Waals surface area contributed by atoms with Crippen LogP contribution in [0.2, 0.25) is 0 Å². The van der Waals surface area contributed by atoms with Crippen molar-refractivity contribution in [1.29, 1.82) is 0 Å². The van der Waals surface area contributed by atoms with Gasteiger partial charge >= 0.3 is 0 Å². The first-order valence-electron chi connectivity index (χ1n) is 6.09. The number of nitro groups is 1. The molecular formula is C13H17NO5. The predicted molar refractivity (Wildman–Crippen MR) is 69.1 cm³/mol. The van der Waals surface area contributed by atoms with E-state index in [9.17, 15) is 14.9 Å². The fraction of sp³-hybridized carbons (Fsp3) is 0.462. The van der Waals surface area contributed by atoms with Gasteiger partial charge in [0.1, 0.15) is 0 Å². The topological polar surface area (TPSA) is 78.7 Å². The van der Waals surface area contributed by atoms with Gasteiger partial charge in [-0.1, -0.05) is 0 Å². The minimum absolute atomic E-state index is 0.0392. The molecule has 1 aromatic carbocycles. The molecule has 0 atom stereocenters. The summed E-state index contributed by atoms with van der Waals surface area (Å²) < 4.78 is 10.6. The Labute approximate surface area is 111 Å². The molecular weight excluding hydrogens is 250 g/mol. The van der Waals surface area contributed by atoms with E-state index in [2.05, 4.69) is 0 Å². The Balaban J connectivity index is 2.68. The summed E-state index contributed by atoms with van der Waals surface area (Å²) in [5, 5.41) is 10.5. The number of carbonyl (C=O) groups is 1. The van der Waals surface area contributed by atoms with Gasteiger partial charge in [-0.2, -0.15) is 0 Å². The normalized spacial score (nSPS) is 10.7. The van der Waals surface area contributed by atoms with Gasteiger partial charge in [0.2, 0.25) is 0 Å². The highest BCUT2D eigenvalue weighted by Gasteiger charge is 2.16. The second-order valence-electron chi connectivity index (χ2n) is 3.77. The van der Waals surface area contributed by atoms with Crippen molar-refractivity contribution in [2.24, 2.45) is 0 Å². The molecule has 0 bridgehead atoms. The monoisotopic (exact) mass is 267 g/mol. The Hall–Kier alpha value is -1.79. The Bertz CT molecular complexity index is 423. The van der Waals surface area contributed by atoms with Crippen LogP contribution in [0.25, 0.3) is 0 Å². The molecule has 104 valence electrons. The Morgan fingerprint density at radius 2 is 1.74 bits per heavy atom. The smallest absolute Gasteiger partial charge is 0.269 e. The van der Waals surface area contributed by atoms with Crippen LogP contribution in [-0.4, -0.2) is 30.2 Å². The van der Waals surface area contributed by atoms with Gasteiger partial charge in [-0.05, 0) is 26.0 Å². The number of Topliss-reactive ketones (excluding diaryl/α,β-unsaturated/α-hetero) is 1. The zero-order valence-electron chi connectivity index (χ0n) is 11.0. The third kappa shape index (κ3) is 4.76. The van der Waals surface area contributed by atoms with E-state index in [4.69, 9.17) is 9.47 Å². The van der Waals surface area contributed by atoms with E-state index < -0.39 is 11.2 Å². The summed E-state index contributed by atoms with van der Waals surface area (Å²) in [7, 11) is 0. The van der Waals surface area contributed by atoms with Crippen LogP contribution in [-0.2, 0) is 9.47 Å². The number of non-ortho nitro benzene ring substituents is 1. The van der Waals surface area contributed by atoms with Crippen LogP contribution in [0.5, 0.6) is 0 Å². The highest BCUT2D eigenvalue weighted by molar-refractivity contribution is 5.96. The second-order valence-corrected chi connectivity index (χ2v) is 3.77. The summed E-state index contributed by atoms with van der Waals surface area (Å²) in [6.45, 7) is 4.56. The van der Waals surface area contributed by atoms with Crippen LogP contribution in [0.15, 0.2) is 24.3 Å². The summed E-state index contributed by atoms with van der Waals surface area (Å²) in [5.74, 6) is -0.165. The van der Waals surface area contributed by atoms with Gasteiger partial charge in [0.25, 0.3) is 5.69 Å². The van der Waals surface area contributed by atoms with Crippen molar-refractivity contribution >= 4 is 11.5 Å². The molecule has 0 aliphatic carbocycles. The first-order valence-corrected chi connectivity index (χ1v) is 6.09. The third-order valence-corrected chi connectivity index (χ3v) is 2.46. The van der Waals surface area contributed by atoms with Gasteiger partial charge < -0.3 is 9.47 Å². The van der Waals surface area contributed by atoms with Crippen molar-refractivity contribution in [3.05, 3.63) is 39.9 Å². The quantitative estimate of drug-likeness (QED) is 0.313. The van der Waals surface area contributed by atoms with E-state index in [0.29, 0.717) is 18.8 Å². The van der Waals surface area contributed by atoms with E-state index in [1.807, 2.05) is 13.8 Å². The molecule has 6 heteroatoms. The van der Waals surface area contributed by atoms with Crippen molar-refractivity contribution in [2.75, 3.05) is 13.2 Å². The number of hydrogen-bond acceptors (Lipinski definition) is 5. The molecule has 0 radical (unpaired) electrons. The number of nitrogens with zero attached hydrogens (tertiary/aromatic N) is 1. The summed E-state index contributed by atoms with van der Waals surface area (Å²) in [6, 6.07) is 5.50. The van der Waals surface area contributed by atoms with Crippen LogP contribution in [0.3, 0.4) is 0 Å². The summed E-state index contributed by atoms with van der Waals surface area (Å²) >= 11 is 0. The fourth-order valence-corrected chi connectivity index (χ4v) is 1.58. The number of carbonyl (C=O) groups excluding carboxylic acids is 1. The van der Waals surface area contributed by atoms with Gasteiger partial charge in [0, 0.05) is 30.9 Å². The van der Waals surface area contributed by atoms with E-state index in [1.54, 1.807) is 0 Å². The summed E-state index contributed by atoms with van der Waals surface area (Å²) in [6.07, 6.45) is -0.475. The Morgan fingerprint density at radius 1 is 1.21 bits per heavy atom. The number of hydrogen-bond donors (Lipinski definition) is 0. The van der Waals surface area contributed by atoms with Gasteiger partial charge in [-0.3, -0.25) is 14.9 Å². The largest absolute Gasteiger partial charge is 0.352 e. The molecule has 0 spiro atoms. The molecule has 0 aliphatic rings. The molecule has 0 aromatic heterocycles. The molecule has 19 heavy (non-hydrogen) atoms. The van der Waals surface area contributed by atoms with E-state index in [-0.39, 0.29) is 17.9 Å². The van der Waals surface area contributed by atoms with Gasteiger partial charge in [-0.25, -0.2) is 0 Å². The second kappa shape index (κ2) is 7.60. The lowest BCUT2D eigenvalue weighted by Gasteiger charge is -2.15. The number of rotatable bonds is 8. The minimum atomic E-state index is -0.572. The minimum Gasteiger partial charge on any atom is -0.352 e. The fourth-order valence-electron chi connectivity index (χ4n) is 1.58. The van der Waals surface area contributed by atoms with Gasteiger partial charge in [-0.15, -0.1) is 0 Å². The molecule has 6 nitrogen and oxygen atoms in total. The Morgan fingerprint density at radius 3 is 2.16 bits per heavy atom. The maximum atomic E-state index is 12.0. The molecule has 0 unspecified atom stereocenters. The molecule has 1 rings (SSSR count). The summed E-state index contributed by atoms with van der Waals surface area (Å²) in [5.41, 5.74) is 0.373. The maximum Gasteiger partial charge on any atom is 0.269 e. The average Bonchev–Trinajstić information content (AvgIpc) is 2.39.